The summed E-state index contributed by atoms with van der Waals surface area (Å²) in [7, 11) is 0. The normalized spacial score (nSPS) is 10.5. The molecule has 1 aromatic heterocycles. The van der Waals surface area contributed by atoms with Gasteiger partial charge in [-0.05, 0) is 12.1 Å². The molecule has 0 spiro atoms. The van der Waals surface area contributed by atoms with Crippen molar-refractivity contribution < 1.29 is 14.7 Å². The molecule has 0 radical (unpaired) electrons. The van der Waals surface area contributed by atoms with E-state index in [1.807, 2.05) is 0 Å². The number of nitrogens with one attached hydrogen (secondary N) is 2. The lowest BCUT2D eigenvalue weighted by atomic mass is 10.3. The Morgan fingerprint density at radius 3 is 2.79 bits per heavy atom. The van der Waals surface area contributed by atoms with Gasteiger partial charge in [-0.15, -0.1) is 0 Å². The first-order valence-corrected chi connectivity index (χ1v) is 5.74. The van der Waals surface area contributed by atoms with Crippen molar-refractivity contribution in [3.05, 3.63) is 34.7 Å². The number of aliphatic carboxylic acids is 1. The van der Waals surface area contributed by atoms with Crippen LogP contribution in [0.3, 0.4) is 0 Å². The molecule has 2 rings (SSSR count). The number of aromatic nitrogens is 2. The third-order valence-corrected chi connectivity index (χ3v) is 2.64. The lowest BCUT2D eigenvalue weighted by Gasteiger charge is -2.04. The molecule has 0 saturated heterocycles. The Morgan fingerprint density at radius 2 is 2.05 bits per heavy atom. The summed E-state index contributed by atoms with van der Waals surface area (Å²) in [6, 6.07) is 7.04. The largest absolute Gasteiger partial charge is 0.481 e. The molecular weight excluding hydrogens is 250 g/mol. The van der Waals surface area contributed by atoms with Gasteiger partial charge < -0.3 is 15.4 Å². The maximum absolute atomic E-state index is 11.7. The predicted molar refractivity (Wildman–Crippen MR) is 67.8 cm³/mol. The minimum absolute atomic E-state index is 0.0469. The van der Waals surface area contributed by atoms with Crippen molar-refractivity contribution in [1.29, 1.82) is 0 Å². The number of carbonyl (C=O) groups excluding carboxylic acids is 1. The van der Waals surface area contributed by atoms with E-state index < -0.39 is 11.9 Å². The second kappa shape index (κ2) is 5.38. The Bertz CT molecular complexity index is 671. The molecule has 0 aliphatic carbocycles. The number of fused-ring (bicyclic) bond motifs is 1. The van der Waals surface area contributed by atoms with E-state index >= 15 is 0 Å². The van der Waals surface area contributed by atoms with Crippen molar-refractivity contribution in [3.63, 3.8) is 0 Å². The van der Waals surface area contributed by atoms with E-state index in [2.05, 4.69) is 10.3 Å². The van der Waals surface area contributed by atoms with Crippen LogP contribution in [0.5, 0.6) is 0 Å². The van der Waals surface area contributed by atoms with Crippen LogP contribution in [0.4, 0.5) is 0 Å². The highest BCUT2D eigenvalue weighted by Crippen LogP contribution is 2.08. The number of para-hydroxylation sites is 2. The van der Waals surface area contributed by atoms with Gasteiger partial charge in [0.2, 0.25) is 5.91 Å². The average molecular weight is 263 g/mol. The van der Waals surface area contributed by atoms with Gasteiger partial charge in [-0.25, -0.2) is 4.79 Å². The first-order chi connectivity index (χ1) is 9.08. The Kier molecular flexibility index (Phi) is 3.65. The minimum Gasteiger partial charge on any atom is -0.481 e. The third kappa shape index (κ3) is 3.01. The molecule has 0 atom stereocenters. The van der Waals surface area contributed by atoms with Gasteiger partial charge in [0.1, 0.15) is 6.54 Å². The van der Waals surface area contributed by atoms with Gasteiger partial charge in [0.15, 0.2) is 0 Å². The van der Waals surface area contributed by atoms with Crippen molar-refractivity contribution in [2.24, 2.45) is 0 Å². The molecule has 19 heavy (non-hydrogen) atoms. The maximum atomic E-state index is 11.7. The predicted octanol–water partition coefficient (Wildman–Crippen LogP) is -0.0795. The topological polar surface area (TPSA) is 104 Å². The summed E-state index contributed by atoms with van der Waals surface area (Å²) in [5.41, 5.74) is 0.932. The van der Waals surface area contributed by atoms with Gasteiger partial charge >= 0.3 is 11.7 Å². The van der Waals surface area contributed by atoms with Crippen LogP contribution in [0.1, 0.15) is 6.42 Å². The molecule has 1 heterocycles. The van der Waals surface area contributed by atoms with Crippen molar-refractivity contribution in [2.75, 3.05) is 6.54 Å². The molecule has 0 unspecified atom stereocenters. The SMILES string of the molecule is O=C(O)CCNC(=O)Cn1c(=O)[nH]c2ccccc21. The fraction of sp³-hybridized carbons (Fsp3) is 0.250. The number of hydrogen-bond acceptors (Lipinski definition) is 3. The van der Waals surface area contributed by atoms with E-state index in [1.165, 1.54) is 4.57 Å². The zero-order valence-electron chi connectivity index (χ0n) is 10.0. The standard InChI is InChI=1S/C12H13N3O4/c16-10(13-6-5-11(17)18)7-15-9-4-2-1-3-8(9)14-12(15)19/h1-4H,5-7H2,(H,13,16)(H,14,19)(H,17,18). The number of carboxylic acids is 1. The molecule has 2 aromatic rings. The average Bonchev–Trinajstić information content (AvgIpc) is 2.66. The molecule has 0 saturated carbocycles. The Hall–Kier alpha value is -2.57. The van der Waals surface area contributed by atoms with Gasteiger partial charge in [0.25, 0.3) is 0 Å². The van der Waals surface area contributed by atoms with Crippen molar-refractivity contribution in [2.45, 2.75) is 13.0 Å². The smallest absolute Gasteiger partial charge is 0.326 e. The first-order valence-electron chi connectivity index (χ1n) is 5.74. The quantitative estimate of drug-likeness (QED) is 0.701. The molecular formula is C12H13N3O4. The minimum atomic E-state index is -0.982. The van der Waals surface area contributed by atoms with Crippen LogP contribution in [0.25, 0.3) is 11.0 Å². The highest BCUT2D eigenvalue weighted by Gasteiger charge is 2.10. The van der Waals surface area contributed by atoms with Gasteiger partial charge in [0, 0.05) is 6.54 Å². The van der Waals surface area contributed by atoms with Gasteiger partial charge in [-0.2, -0.15) is 0 Å². The zero-order chi connectivity index (χ0) is 13.8. The van der Waals surface area contributed by atoms with Crippen LogP contribution in [0.2, 0.25) is 0 Å². The van der Waals surface area contributed by atoms with Gasteiger partial charge in [0.05, 0.1) is 17.5 Å². The van der Waals surface area contributed by atoms with Crippen LogP contribution in [-0.4, -0.2) is 33.1 Å². The second-order valence-electron chi connectivity index (χ2n) is 4.03. The van der Waals surface area contributed by atoms with Crippen LogP contribution in [0, 0.1) is 0 Å². The molecule has 7 nitrogen and oxygen atoms in total. The Labute approximate surface area is 107 Å². The summed E-state index contributed by atoms with van der Waals surface area (Å²) in [5.74, 6) is -1.38. The summed E-state index contributed by atoms with van der Waals surface area (Å²) < 4.78 is 1.31. The molecule has 3 N–H and O–H groups in total. The lowest BCUT2D eigenvalue weighted by molar-refractivity contribution is -0.136. The maximum Gasteiger partial charge on any atom is 0.326 e. The monoisotopic (exact) mass is 263 g/mol. The fourth-order valence-corrected chi connectivity index (χ4v) is 1.77. The Morgan fingerprint density at radius 1 is 1.32 bits per heavy atom. The number of imidazole rings is 1. The number of carboxylic acid groups (broad SMARTS) is 1. The number of hydrogen-bond donors (Lipinski definition) is 3. The molecule has 0 aliphatic rings. The van der Waals surface area contributed by atoms with Crippen LogP contribution in [-0.2, 0) is 16.1 Å². The zero-order valence-corrected chi connectivity index (χ0v) is 10.0. The molecule has 1 amide bonds. The van der Waals surface area contributed by atoms with E-state index in [-0.39, 0.29) is 25.2 Å². The van der Waals surface area contributed by atoms with Gasteiger partial charge in [-0.3, -0.25) is 14.2 Å². The van der Waals surface area contributed by atoms with E-state index in [9.17, 15) is 14.4 Å². The summed E-state index contributed by atoms with van der Waals surface area (Å²) >= 11 is 0. The number of rotatable bonds is 5. The Balaban J connectivity index is 2.09. The molecule has 100 valence electrons. The third-order valence-electron chi connectivity index (χ3n) is 2.64. The first kappa shape index (κ1) is 12.9. The van der Waals surface area contributed by atoms with Crippen molar-refractivity contribution in [3.8, 4) is 0 Å². The summed E-state index contributed by atoms with van der Waals surface area (Å²) in [6.45, 7) is -0.0895. The number of carbonyl (C=O) groups is 2. The summed E-state index contributed by atoms with van der Waals surface area (Å²) in [6.07, 6.45) is -0.144. The fourth-order valence-electron chi connectivity index (χ4n) is 1.77. The van der Waals surface area contributed by atoms with E-state index in [0.717, 1.165) is 0 Å². The highest BCUT2D eigenvalue weighted by molar-refractivity contribution is 5.80. The molecule has 1 aromatic carbocycles. The number of benzene rings is 1. The number of aromatic amines is 1. The second-order valence-corrected chi connectivity index (χ2v) is 4.03. The van der Waals surface area contributed by atoms with E-state index in [0.29, 0.717) is 11.0 Å². The number of nitrogens with zero attached hydrogens (tertiary/aromatic N) is 1. The molecule has 7 heteroatoms. The lowest BCUT2D eigenvalue weighted by Crippen LogP contribution is -2.32. The van der Waals surface area contributed by atoms with Crippen molar-refractivity contribution in [1.82, 2.24) is 14.9 Å². The van der Waals surface area contributed by atoms with Crippen molar-refractivity contribution >= 4 is 22.9 Å². The number of amides is 1. The molecule has 0 bridgehead atoms. The van der Waals surface area contributed by atoms with Crippen LogP contribution in [0.15, 0.2) is 29.1 Å². The van der Waals surface area contributed by atoms with E-state index in [1.54, 1.807) is 24.3 Å². The summed E-state index contributed by atoms with van der Waals surface area (Å²) in [5, 5.41) is 10.9. The number of H-pyrrole nitrogens is 1. The van der Waals surface area contributed by atoms with Gasteiger partial charge in [-0.1, -0.05) is 12.1 Å². The van der Waals surface area contributed by atoms with Crippen LogP contribution >= 0.6 is 0 Å². The summed E-state index contributed by atoms with van der Waals surface area (Å²) in [4.78, 5) is 36.3. The van der Waals surface area contributed by atoms with Crippen LogP contribution < -0.4 is 11.0 Å². The molecule has 0 fully saturated rings. The van der Waals surface area contributed by atoms with E-state index in [4.69, 9.17) is 5.11 Å². The highest BCUT2D eigenvalue weighted by atomic mass is 16.4. The molecule has 0 aliphatic heterocycles.